The van der Waals surface area contributed by atoms with Crippen molar-refractivity contribution in [2.75, 3.05) is 19.6 Å². The van der Waals surface area contributed by atoms with Crippen molar-refractivity contribution < 1.29 is 24.2 Å². The van der Waals surface area contributed by atoms with Crippen LogP contribution in [-0.2, 0) is 9.53 Å². The van der Waals surface area contributed by atoms with E-state index in [1.807, 2.05) is 0 Å². The highest BCUT2D eigenvalue weighted by Crippen LogP contribution is 2.23. The lowest BCUT2D eigenvalue weighted by Gasteiger charge is -2.35. The highest BCUT2D eigenvalue weighted by Gasteiger charge is 2.38. The van der Waals surface area contributed by atoms with Gasteiger partial charge in [0, 0.05) is 19.1 Å². The predicted molar refractivity (Wildman–Crippen MR) is 82.1 cm³/mol. The Morgan fingerprint density at radius 3 is 2.57 bits per heavy atom. The van der Waals surface area contributed by atoms with Gasteiger partial charge in [0.15, 0.2) is 0 Å². The van der Waals surface area contributed by atoms with Gasteiger partial charge in [-0.3, -0.25) is 4.79 Å². The average molecular weight is 327 g/mol. The summed E-state index contributed by atoms with van der Waals surface area (Å²) in [6.45, 7) is 6.14. The highest BCUT2D eigenvalue weighted by atomic mass is 16.6. The number of amides is 3. The summed E-state index contributed by atoms with van der Waals surface area (Å²) in [7, 11) is 0. The number of fused-ring (bicyclic) bond motifs is 1. The zero-order chi connectivity index (χ0) is 17.2. The summed E-state index contributed by atoms with van der Waals surface area (Å²) in [4.78, 5) is 38.9. The first kappa shape index (κ1) is 17.4. The summed E-state index contributed by atoms with van der Waals surface area (Å²) in [5.74, 6) is -0.232. The maximum Gasteiger partial charge on any atom is 0.408 e. The SMILES string of the molecule is CC(C)(C)OC(=O)NC1CN(C(=O)O)CCC2CCCN2C1=O. The van der Waals surface area contributed by atoms with Crippen LogP contribution in [0.5, 0.6) is 0 Å². The molecular weight excluding hydrogens is 302 g/mol. The maximum absolute atomic E-state index is 12.7. The Hall–Kier alpha value is -1.99. The van der Waals surface area contributed by atoms with Crippen LogP contribution in [0, 0.1) is 0 Å². The van der Waals surface area contributed by atoms with Crippen LogP contribution >= 0.6 is 0 Å². The van der Waals surface area contributed by atoms with Crippen molar-refractivity contribution in [2.24, 2.45) is 0 Å². The number of nitrogens with one attached hydrogen (secondary N) is 1. The van der Waals surface area contributed by atoms with E-state index < -0.39 is 23.8 Å². The quantitative estimate of drug-likeness (QED) is 0.755. The number of carboxylic acid groups (broad SMARTS) is 1. The fourth-order valence-corrected chi connectivity index (χ4v) is 3.05. The summed E-state index contributed by atoms with van der Waals surface area (Å²) < 4.78 is 5.18. The Kier molecular flexibility index (Phi) is 5.01. The number of hydrogen-bond donors (Lipinski definition) is 2. The van der Waals surface area contributed by atoms with Crippen LogP contribution in [0.15, 0.2) is 0 Å². The van der Waals surface area contributed by atoms with E-state index in [-0.39, 0.29) is 18.5 Å². The van der Waals surface area contributed by atoms with Crippen molar-refractivity contribution >= 4 is 18.1 Å². The van der Waals surface area contributed by atoms with Gasteiger partial charge in [-0.25, -0.2) is 9.59 Å². The summed E-state index contributed by atoms with van der Waals surface area (Å²) in [5, 5.41) is 11.8. The number of ether oxygens (including phenoxy) is 1. The lowest BCUT2D eigenvalue weighted by Crippen LogP contribution is -2.58. The van der Waals surface area contributed by atoms with Gasteiger partial charge in [0.25, 0.3) is 0 Å². The molecule has 8 nitrogen and oxygen atoms in total. The van der Waals surface area contributed by atoms with Gasteiger partial charge in [0.1, 0.15) is 11.6 Å². The normalized spacial score (nSPS) is 25.4. The fourth-order valence-electron chi connectivity index (χ4n) is 3.05. The molecule has 0 aliphatic carbocycles. The molecule has 2 aliphatic rings. The molecule has 0 bridgehead atoms. The van der Waals surface area contributed by atoms with E-state index in [1.165, 1.54) is 4.90 Å². The Labute approximate surface area is 135 Å². The summed E-state index contributed by atoms with van der Waals surface area (Å²) in [5.41, 5.74) is -0.683. The van der Waals surface area contributed by atoms with Crippen LogP contribution in [0.25, 0.3) is 0 Å². The van der Waals surface area contributed by atoms with Gasteiger partial charge in [0.2, 0.25) is 5.91 Å². The monoisotopic (exact) mass is 327 g/mol. The molecule has 2 heterocycles. The smallest absolute Gasteiger partial charge is 0.408 e. The molecular formula is C15H25N3O5. The van der Waals surface area contributed by atoms with Gasteiger partial charge in [-0.2, -0.15) is 0 Å². The molecule has 23 heavy (non-hydrogen) atoms. The van der Waals surface area contributed by atoms with Gasteiger partial charge < -0.3 is 25.0 Å². The lowest BCUT2D eigenvalue weighted by molar-refractivity contribution is -0.135. The topological polar surface area (TPSA) is 99.2 Å². The highest BCUT2D eigenvalue weighted by molar-refractivity contribution is 5.87. The van der Waals surface area contributed by atoms with Crippen molar-refractivity contribution in [1.29, 1.82) is 0 Å². The maximum atomic E-state index is 12.7. The van der Waals surface area contributed by atoms with Crippen LogP contribution in [0.2, 0.25) is 0 Å². The van der Waals surface area contributed by atoms with Gasteiger partial charge in [-0.15, -0.1) is 0 Å². The van der Waals surface area contributed by atoms with E-state index in [0.717, 1.165) is 12.8 Å². The molecule has 2 saturated heterocycles. The molecule has 0 aromatic heterocycles. The minimum absolute atomic E-state index is 0.0487. The molecule has 8 heteroatoms. The number of carbonyl (C=O) groups excluding carboxylic acids is 2. The Balaban J connectivity index is 2.13. The molecule has 0 spiro atoms. The molecule has 0 radical (unpaired) electrons. The third kappa shape index (κ3) is 4.49. The first-order valence-electron chi connectivity index (χ1n) is 7.95. The number of alkyl carbamates (subject to hydrolysis) is 1. The molecule has 0 aromatic rings. The number of nitrogens with zero attached hydrogens (tertiary/aromatic N) is 2. The summed E-state index contributed by atoms with van der Waals surface area (Å²) >= 11 is 0. The molecule has 3 amide bonds. The van der Waals surface area contributed by atoms with Crippen molar-refractivity contribution in [1.82, 2.24) is 15.1 Å². The van der Waals surface area contributed by atoms with E-state index in [1.54, 1.807) is 25.7 Å². The number of rotatable bonds is 1. The molecule has 0 saturated carbocycles. The Morgan fingerprint density at radius 2 is 1.96 bits per heavy atom. The van der Waals surface area contributed by atoms with Crippen molar-refractivity contribution in [3.8, 4) is 0 Å². The fraction of sp³-hybridized carbons (Fsp3) is 0.800. The lowest BCUT2D eigenvalue weighted by atomic mass is 10.1. The third-order valence-electron chi connectivity index (χ3n) is 4.05. The second kappa shape index (κ2) is 6.64. The molecule has 2 aliphatic heterocycles. The van der Waals surface area contributed by atoms with Crippen LogP contribution in [0.4, 0.5) is 9.59 Å². The van der Waals surface area contributed by atoms with E-state index >= 15 is 0 Å². The first-order valence-corrected chi connectivity index (χ1v) is 7.95. The molecule has 130 valence electrons. The van der Waals surface area contributed by atoms with Crippen molar-refractivity contribution in [3.63, 3.8) is 0 Å². The number of hydrogen-bond acceptors (Lipinski definition) is 4. The van der Waals surface area contributed by atoms with Crippen LogP contribution in [-0.4, -0.2) is 70.3 Å². The van der Waals surface area contributed by atoms with Crippen LogP contribution < -0.4 is 5.32 Å². The second-order valence-corrected chi connectivity index (χ2v) is 7.04. The van der Waals surface area contributed by atoms with Crippen LogP contribution in [0.1, 0.15) is 40.0 Å². The third-order valence-corrected chi connectivity index (χ3v) is 4.05. The van der Waals surface area contributed by atoms with Gasteiger partial charge in [-0.05, 0) is 40.0 Å². The molecule has 2 unspecified atom stereocenters. The predicted octanol–water partition coefficient (Wildman–Crippen LogP) is 1.25. The molecule has 2 rings (SSSR count). The minimum atomic E-state index is -1.08. The molecule has 2 fully saturated rings. The van der Waals surface area contributed by atoms with E-state index in [0.29, 0.717) is 19.5 Å². The average Bonchev–Trinajstić information content (AvgIpc) is 2.85. The van der Waals surface area contributed by atoms with Gasteiger partial charge in [0.05, 0.1) is 6.54 Å². The molecule has 2 N–H and O–H groups in total. The largest absolute Gasteiger partial charge is 0.465 e. The zero-order valence-corrected chi connectivity index (χ0v) is 13.9. The van der Waals surface area contributed by atoms with Crippen LogP contribution in [0.3, 0.4) is 0 Å². The standard InChI is InChI=1S/C15H25N3O5/c1-15(2,3)23-13(20)16-11-9-17(14(21)22)8-6-10-5-4-7-18(10)12(11)19/h10-11H,4-9H2,1-3H3,(H,16,20)(H,21,22). The first-order chi connectivity index (χ1) is 10.7. The second-order valence-electron chi connectivity index (χ2n) is 7.04. The zero-order valence-electron chi connectivity index (χ0n) is 13.9. The Morgan fingerprint density at radius 1 is 1.26 bits per heavy atom. The number of carbonyl (C=O) groups is 3. The Bertz CT molecular complexity index is 488. The van der Waals surface area contributed by atoms with E-state index in [9.17, 15) is 19.5 Å². The van der Waals surface area contributed by atoms with Gasteiger partial charge in [-0.1, -0.05) is 0 Å². The van der Waals surface area contributed by atoms with Crippen molar-refractivity contribution in [3.05, 3.63) is 0 Å². The summed E-state index contributed by atoms with van der Waals surface area (Å²) in [6, 6.07) is -0.866. The van der Waals surface area contributed by atoms with Gasteiger partial charge >= 0.3 is 12.2 Å². The van der Waals surface area contributed by atoms with Crippen molar-refractivity contribution in [2.45, 2.75) is 57.7 Å². The summed E-state index contributed by atoms with van der Waals surface area (Å²) in [6.07, 6.45) is 0.621. The molecule has 0 aromatic carbocycles. The van der Waals surface area contributed by atoms with E-state index in [4.69, 9.17) is 4.74 Å². The van der Waals surface area contributed by atoms with E-state index in [2.05, 4.69) is 5.32 Å². The molecule has 2 atom stereocenters. The minimum Gasteiger partial charge on any atom is -0.465 e.